The molecule has 110 valence electrons. The summed E-state index contributed by atoms with van der Waals surface area (Å²) in [7, 11) is 4.23. The van der Waals surface area contributed by atoms with Gasteiger partial charge in [0.15, 0.2) is 0 Å². The highest BCUT2D eigenvalue weighted by Crippen LogP contribution is 2.10. The molecule has 0 bridgehead atoms. The Labute approximate surface area is 113 Å². The lowest BCUT2D eigenvalue weighted by atomic mass is 9.97. The first kappa shape index (κ1) is 17.8. The minimum atomic E-state index is -0.404. The number of hydrogen-bond donors (Lipinski definition) is 2. The molecule has 0 fully saturated rings. The standard InChI is InChI=1S/C14H33N3O/c1-5-9-17(12-11-16(3)4)10-7-6-8-14(2,15)13-18/h18H,5-13,15H2,1-4H3. The van der Waals surface area contributed by atoms with Gasteiger partial charge in [-0.05, 0) is 53.4 Å². The van der Waals surface area contributed by atoms with Gasteiger partial charge in [-0.15, -0.1) is 0 Å². The molecule has 0 heterocycles. The third-order valence-electron chi connectivity index (χ3n) is 3.24. The van der Waals surface area contributed by atoms with Crippen molar-refractivity contribution in [3.8, 4) is 0 Å². The number of likely N-dealkylation sites (N-methyl/N-ethyl adjacent to an activating group) is 1. The van der Waals surface area contributed by atoms with E-state index in [0.717, 1.165) is 32.5 Å². The van der Waals surface area contributed by atoms with E-state index >= 15 is 0 Å². The fraction of sp³-hybridized carbons (Fsp3) is 1.00. The van der Waals surface area contributed by atoms with Gasteiger partial charge in [-0.2, -0.15) is 0 Å². The van der Waals surface area contributed by atoms with Gasteiger partial charge in [0.25, 0.3) is 0 Å². The Morgan fingerprint density at radius 2 is 1.72 bits per heavy atom. The van der Waals surface area contributed by atoms with Crippen LogP contribution in [-0.4, -0.2) is 67.3 Å². The van der Waals surface area contributed by atoms with E-state index in [1.807, 2.05) is 6.92 Å². The lowest BCUT2D eigenvalue weighted by Crippen LogP contribution is -2.40. The molecule has 0 saturated heterocycles. The first-order valence-corrected chi connectivity index (χ1v) is 7.18. The van der Waals surface area contributed by atoms with Gasteiger partial charge in [-0.3, -0.25) is 0 Å². The van der Waals surface area contributed by atoms with Crippen LogP contribution in [0.1, 0.15) is 39.5 Å². The molecule has 0 aromatic carbocycles. The predicted molar refractivity (Wildman–Crippen MR) is 78.8 cm³/mol. The van der Waals surface area contributed by atoms with Crippen molar-refractivity contribution < 1.29 is 5.11 Å². The Balaban J connectivity index is 3.76. The molecule has 3 N–H and O–H groups in total. The van der Waals surface area contributed by atoms with Gasteiger partial charge in [0.2, 0.25) is 0 Å². The van der Waals surface area contributed by atoms with Crippen molar-refractivity contribution in [3.63, 3.8) is 0 Å². The Morgan fingerprint density at radius 1 is 1.06 bits per heavy atom. The van der Waals surface area contributed by atoms with Crippen LogP contribution >= 0.6 is 0 Å². The Kier molecular flexibility index (Phi) is 9.64. The van der Waals surface area contributed by atoms with E-state index in [9.17, 15) is 0 Å². The zero-order valence-corrected chi connectivity index (χ0v) is 12.8. The summed E-state index contributed by atoms with van der Waals surface area (Å²) in [5.74, 6) is 0. The fourth-order valence-corrected chi connectivity index (χ4v) is 1.94. The number of nitrogens with two attached hydrogens (primary N) is 1. The van der Waals surface area contributed by atoms with Crippen molar-refractivity contribution in [1.29, 1.82) is 0 Å². The van der Waals surface area contributed by atoms with Crippen LogP contribution in [0.2, 0.25) is 0 Å². The van der Waals surface area contributed by atoms with E-state index in [1.165, 1.54) is 19.4 Å². The van der Waals surface area contributed by atoms with Crippen LogP contribution in [0.15, 0.2) is 0 Å². The Morgan fingerprint density at radius 3 is 2.22 bits per heavy atom. The third-order valence-corrected chi connectivity index (χ3v) is 3.24. The van der Waals surface area contributed by atoms with Crippen molar-refractivity contribution in [2.45, 2.75) is 45.1 Å². The van der Waals surface area contributed by atoms with Gasteiger partial charge in [-0.25, -0.2) is 0 Å². The van der Waals surface area contributed by atoms with Crippen molar-refractivity contribution in [2.75, 3.05) is 46.9 Å². The second kappa shape index (κ2) is 9.73. The van der Waals surface area contributed by atoms with Crippen molar-refractivity contribution in [3.05, 3.63) is 0 Å². The minimum absolute atomic E-state index is 0.0757. The molecule has 1 unspecified atom stereocenters. The molecule has 0 aliphatic heterocycles. The second-order valence-corrected chi connectivity index (χ2v) is 5.91. The molecule has 0 rings (SSSR count). The van der Waals surface area contributed by atoms with Gasteiger partial charge in [-0.1, -0.05) is 13.3 Å². The molecule has 4 nitrogen and oxygen atoms in total. The molecule has 4 heteroatoms. The smallest absolute Gasteiger partial charge is 0.0608 e. The molecule has 0 aliphatic carbocycles. The summed E-state index contributed by atoms with van der Waals surface area (Å²) in [6.07, 6.45) is 4.37. The summed E-state index contributed by atoms with van der Waals surface area (Å²) in [6, 6.07) is 0. The highest BCUT2D eigenvalue weighted by Gasteiger charge is 2.16. The van der Waals surface area contributed by atoms with E-state index in [2.05, 4.69) is 30.8 Å². The van der Waals surface area contributed by atoms with Crippen LogP contribution in [0.5, 0.6) is 0 Å². The van der Waals surface area contributed by atoms with Gasteiger partial charge in [0, 0.05) is 18.6 Å². The van der Waals surface area contributed by atoms with Crippen LogP contribution in [0.3, 0.4) is 0 Å². The van der Waals surface area contributed by atoms with E-state index in [4.69, 9.17) is 10.8 Å². The molecule has 0 radical (unpaired) electrons. The molecule has 0 aromatic heterocycles. The molecular weight excluding hydrogens is 226 g/mol. The van der Waals surface area contributed by atoms with Crippen LogP contribution < -0.4 is 5.73 Å². The minimum Gasteiger partial charge on any atom is -0.394 e. The Hall–Kier alpha value is -0.160. The third kappa shape index (κ3) is 9.83. The maximum atomic E-state index is 9.09. The van der Waals surface area contributed by atoms with Gasteiger partial charge in [0.05, 0.1) is 6.61 Å². The van der Waals surface area contributed by atoms with Crippen LogP contribution in [0.25, 0.3) is 0 Å². The number of aliphatic hydroxyl groups is 1. The number of rotatable bonds is 11. The zero-order chi connectivity index (χ0) is 14.0. The van der Waals surface area contributed by atoms with Crippen molar-refractivity contribution in [1.82, 2.24) is 9.80 Å². The molecular formula is C14H33N3O. The second-order valence-electron chi connectivity index (χ2n) is 5.91. The van der Waals surface area contributed by atoms with Gasteiger partial charge < -0.3 is 20.6 Å². The SMILES string of the molecule is CCCN(CCCCC(C)(N)CO)CCN(C)C. The fourth-order valence-electron chi connectivity index (χ4n) is 1.94. The van der Waals surface area contributed by atoms with E-state index in [0.29, 0.717) is 0 Å². The zero-order valence-electron chi connectivity index (χ0n) is 12.8. The van der Waals surface area contributed by atoms with E-state index in [-0.39, 0.29) is 6.61 Å². The van der Waals surface area contributed by atoms with Crippen LogP contribution in [0, 0.1) is 0 Å². The number of unbranched alkanes of at least 4 members (excludes halogenated alkanes) is 1. The summed E-state index contributed by atoms with van der Waals surface area (Å²) in [5, 5.41) is 9.09. The monoisotopic (exact) mass is 259 g/mol. The molecule has 0 saturated carbocycles. The molecule has 0 spiro atoms. The summed E-state index contributed by atoms with van der Waals surface area (Å²) >= 11 is 0. The number of nitrogens with zero attached hydrogens (tertiary/aromatic N) is 2. The highest BCUT2D eigenvalue weighted by molar-refractivity contribution is 4.77. The lowest BCUT2D eigenvalue weighted by Gasteiger charge is -2.25. The first-order valence-electron chi connectivity index (χ1n) is 7.18. The molecule has 0 aliphatic rings. The summed E-state index contributed by atoms with van der Waals surface area (Å²) in [5.41, 5.74) is 5.52. The average Bonchev–Trinajstić information content (AvgIpc) is 2.31. The molecule has 1 atom stereocenters. The van der Waals surface area contributed by atoms with E-state index < -0.39 is 5.54 Å². The predicted octanol–water partition coefficient (Wildman–Crippen LogP) is 1.14. The number of hydrogen-bond acceptors (Lipinski definition) is 4. The van der Waals surface area contributed by atoms with Gasteiger partial charge >= 0.3 is 0 Å². The van der Waals surface area contributed by atoms with Crippen LogP contribution in [0.4, 0.5) is 0 Å². The summed E-state index contributed by atoms with van der Waals surface area (Å²) < 4.78 is 0. The maximum absolute atomic E-state index is 9.09. The average molecular weight is 259 g/mol. The largest absolute Gasteiger partial charge is 0.394 e. The molecule has 18 heavy (non-hydrogen) atoms. The number of aliphatic hydroxyl groups excluding tert-OH is 1. The quantitative estimate of drug-likeness (QED) is 0.546. The topological polar surface area (TPSA) is 52.7 Å². The summed E-state index contributed by atoms with van der Waals surface area (Å²) in [6.45, 7) is 8.80. The first-order chi connectivity index (χ1) is 8.41. The van der Waals surface area contributed by atoms with Crippen molar-refractivity contribution >= 4 is 0 Å². The summed E-state index contributed by atoms with van der Waals surface area (Å²) in [4.78, 5) is 4.75. The Bertz CT molecular complexity index is 195. The molecule has 0 aromatic rings. The normalized spacial score (nSPS) is 15.3. The molecule has 0 amide bonds. The van der Waals surface area contributed by atoms with Gasteiger partial charge in [0.1, 0.15) is 0 Å². The van der Waals surface area contributed by atoms with Crippen LogP contribution in [-0.2, 0) is 0 Å². The maximum Gasteiger partial charge on any atom is 0.0608 e. The highest BCUT2D eigenvalue weighted by atomic mass is 16.3. The van der Waals surface area contributed by atoms with E-state index in [1.54, 1.807) is 0 Å². The van der Waals surface area contributed by atoms with Crippen molar-refractivity contribution in [2.24, 2.45) is 5.73 Å². The lowest BCUT2D eigenvalue weighted by molar-refractivity contribution is 0.192.